The van der Waals surface area contributed by atoms with Crippen molar-refractivity contribution < 1.29 is 19.1 Å². The molecule has 0 saturated carbocycles. The predicted molar refractivity (Wildman–Crippen MR) is 131 cm³/mol. The number of rotatable bonds is 12. The Hall–Kier alpha value is -3.58. The maximum Gasteiger partial charge on any atom is 0.254 e. The molecule has 3 rings (SSSR count). The second-order valence-electron chi connectivity index (χ2n) is 8.15. The van der Waals surface area contributed by atoms with Gasteiger partial charge in [0, 0.05) is 51.3 Å². The molecule has 0 aliphatic rings. The molecule has 0 aliphatic heterocycles. The molecule has 1 heterocycles. The summed E-state index contributed by atoms with van der Waals surface area (Å²) in [6.07, 6.45) is 2.60. The van der Waals surface area contributed by atoms with Crippen LogP contribution in [-0.4, -0.2) is 60.1 Å². The maximum atomic E-state index is 13.6. The molecule has 3 aromatic rings. The van der Waals surface area contributed by atoms with Crippen LogP contribution < -0.4 is 4.74 Å². The minimum absolute atomic E-state index is 0.0169. The Kier molecular flexibility index (Phi) is 9.29. The van der Waals surface area contributed by atoms with Crippen LogP contribution >= 0.6 is 0 Å². The molecule has 0 spiro atoms. The first-order chi connectivity index (χ1) is 16.5. The number of aryl methyl sites for hydroxylation is 1. The van der Waals surface area contributed by atoms with E-state index in [-0.39, 0.29) is 18.4 Å². The van der Waals surface area contributed by atoms with Crippen LogP contribution in [0.2, 0.25) is 0 Å². The van der Waals surface area contributed by atoms with Gasteiger partial charge in [-0.25, -0.2) is 0 Å². The number of ether oxygens (including phenoxy) is 2. The lowest BCUT2D eigenvalue weighted by Crippen LogP contribution is -2.43. The summed E-state index contributed by atoms with van der Waals surface area (Å²) in [5, 5.41) is 0. The van der Waals surface area contributed by atoms with E-state index in [2.05, 4.69) is 0 Å². The van der Waals surface area contributed by atoms with E-state index < -0.39 is 0 Å². The highest BCUT2D eigenvalue weighted by Gasteiger charge is 2.23. The molecule has 2 amide bonds. The molecular weight excluding hydrogens is 430 g/mol. The normalized spacial score (nSPS) is 10.7. The van der Waals surface area contributed by atoms with Crippen molar-refractivity contribution in [3.63, 3.8) is 0 Å². The van der Waals surface area contributed by atoms with Gasteiger partial charge < -0.3 is 23.8 Å². The summed E-state index contributed by atoms with van der Waals surface area (Å²) in [6, 6.07) is 20.9. The molecule has 0 radical (unpaired) electrons. The van der Waals surface area contributed by atoms with E-state index in [1.54, 1.807) is 48.3 Å². The zero-order valence-corrected chi connectivity index (χ0v) is 20.1. The summed E-state index contributed by atoms with van der Waals surface area (Å²) in [5.74, 6) is 0.282. The highest BCUT2D eigenvalue weighted by Crippen LogP contribution is 2.16. The molecule has 0 bridgehead atoms. The molecule has 0 atom stereocenters. The van der Waals surface area contributed by atoms with Crippen LogP contribution in [0.4, 0.5) is 0 Å². The quantitative estimate of drug-likeness (QED) is 0.384. The Morgan fingerprint density at radius 2 is 1.71 bits per heavy atom. The van der Waals surface area contributed by atoms with Crippen LogP contribution in [0.5, 0.6) is 5.75 Å². The molecule has 34 heavy (non-hydrogen) atoms. The smallest absolute Gasteiger partial charge is 0.254 e. The van der Waals surface area contributed by atoms with E-state index in [0.717, 1.165) is 11.3 Å². The molecule has 0 unspecified atom stereocenters. The fourth-order valence-electron chi connectivity index (χ4n) is 3.75. The molecule has 0 N–H and O–H groups in total. The van der Waals surface area contributed by atoms with Crippen molar-refractivity contribution in [2.24, 2.45) is 7.05 Å². The zero-order valence-electron chi connectivity index (χ0n) is 20.1. The third-order valence-corrected chi connectivity index (χ3v) is 5.68. The Balaban J connectivity index is 1.82. The van der Waals surface area contributed by atoms with E-state index in [1.807, 2.05) is 60.3 Å². The van der Waals surface area contributed by atoms with Crippen molar-refractivity contribution in [2.45, 2.75) is 19.5 Å². The third-order valence-electron chi connectivity index (χ3n) is 5.68. The van der Waals surface area contributed by atoms with E-state index in [1.165, 1.54) is 0 Å². The lowest BCUT2D eigenvalue weighted by molar-refractivity contribution is -0.133. The van der Waals surface area contributed by atoms with Gasteiger partial charge in [0.1, 0.15) is 12.3 Å². The van der Waals surface area contributed by atoms with Gasteiger partial charge in [-0.2, -0.15) is 0 Å². The predicted octanol–water partition coefficient (Wildman–Crippen LogP) is 3.74. The average Bonchev–Trinajstić information content (AvgIpc) is 3.27. The van der Waals surface area contributed by atoms with Crippen LogP contribution in [0.1, 0.15) is 28.0 Å². The first-order valence-electron chi connectivity index (χ1n) is 11.4. The fourth-order valence-corrected chi connectivity index (χ4v) is 3.75. The molecule has 2 aromatic carbocycles. The van der Waals surface area contributed by atoms with Crippen molar-refractivity contribution in [3.8, 4) is 5.75 Å². The van der Waals surface area contributed by atoms with Crippen molar-refractivity contribution in [3.05, 3.63) is 89.7 Å². The molecule has 1 aromatic heterocycles. The SMILES string of the molecule is COCCCN(CC(=O)N(Cc1ccccc1)Cc1cccn1C)C(=O)c1cccc(OC)c1. The number of amides is 2. The van der Waals surface area contributed by atoms with Gasteiger partial charge in [-0.1, -0.05) is 36.4 Å². The number of aromatic nitrogens is 1. The largest absolute Gasteiger partial charge is 0.497 e. The average molecular weight is 464 g/mol. The minimum atomic E-state index is -0.207. The van der Waals surface area contributed by atoms with Crippen molar-refractivity contribution in [2.75, 3.05) is 33.9 Å². The summed E-state index contributed by atoms with van der Waals surface area (Å²) in [5.41, 5.74) is 2.55. The van der Waals surface area contributed by atoms with Gasteiger partial charge in [0.2, 0.25) is 5.91 Å². The number of carbonyl (C=O) groups is 2. The second kappa shape index (κ2) is 12.6. The minimum Gasteiger partial charge on any atom is -0.497 e. The zero-order chi connectivity index (χ0) is 24.3. The third kappa shape index (κ3) is 6.96. The Bertz CT molecular complexity index is 1060. The Labute approximate surface area is 201 Å². The van der Waals surface area contributed by atoms with Crippen LogP contribution in [0.25, 0.3) is 0 Å². The van der Waals surface area contributed by atoms with Crippen molar-refractivity contribution in [1.82, 2.24) is 14.4 Å². The summed E-state index contributed by atoms with van der Waals surface area (Å²) >= 11 is 0. The number of hydrogen-bond donors (Lipinski definition) is 0. The monoisotopic (exact) mass is 463 g/mol. The number of methoxy groups -OCH3 is 2. The van der Waals surface area contributed by atoms with E-state index in [4.69, 9.17) is 9.47 Å². The molecule has 0 saturated heterocycles. The number of carbonyl (C=O) groups excluding carboxylic acids is 2. The van der Waals surface area contributed by atoms with Gasteiger partial charge in [-0.3, -0.25) is 9.59 Å². The lowest BCUT2D eigenvalue weighted by atomic mass is 10.1. The Morgan fingerprint density at radius 1 is 0.912 bits per heavy atom. The van der Waals surface area contributed by atoms with Gasteiger partial charge in [-0.15, -0.1) is 0 Å². The highest BCUT2D eigenvalue weighted by atomic mass is 16.5. The van der Waals surface area contributed by atoms with Gasteiger partial charge >= 0.3 is 0 Å². The summed E-state index contributed by atoms with van der Waals surface area (Å²) in [4.78, 5) is 30.3. The van der Waals surface area contributed by atoms with E-state index in [0.29, 0.717) is 44.0 Å². The first-order valence-corrected chi connectivity index (χ1v) is 11.4. The van der Waals surface area contributed by atoms with Crippen LogP contribution in [0.3, 0.4) is 0 Å². The van der Waals surface area contributed by atoms with Crippen LogP contribution in [0, 0.1) is 0 Å². The fraction of sp³-hybridized carbons (Fsp3) is 0.333. The van der Waals surface area contributed by atoms with Gasteiger partial charge in [0.05, 0.1) is 13.7 Å². The number of hydrogen-bond acceptors (Lipinski definition) is 4. The van der Waals surface area contributed by atoms with Crippen molar-refractivity contribution >= 4 is 11.8 Å². The van der Waals surface area contributed by atoms with E-state index >= 15 is 0 Å². The second-order valence-corrected chi connectivity index (χ2v) is 8.15. The Morgan fingerprint density at radius 3 is 2.38 bits per heavy atom. The lowest BCUT2D eigenvalue weighted by Gasteiger charge is -2.28. The number of benzene rings is 2. The summed E-state index contributed by atoms with van der Waals surface area (Å²) in [6.45, 7) is 1.82. The van der Waals surface area contributed by atoms with Gasteiger partial charge in [-0.05, 0) is 42.3 Å². The van der Waals surface area contributed by atoms with Gasteiger partial charge in [0.15, 0.2) is 0 Å². The molecule has 180 valence electrons. The van der Waals surface area contributed by atoms with E-state index in [9.17, 15) is 9.59 Å². The van der Waals surface area contributed by atoms with Crippen molar-refractivity contribution in [1.29, 1.82) is 0 Å². The molecule has 0 aliphatic carbocycles. The topological polar surface area (TPSA) is 64.0 Å². The highest BCUT2D eigenvalue weighted by molar-refractivity contribution is 5.96. The standard InChI is InChI=1S/C27H33N3O4/c1-28-15-8-13-24(28)20-30(19-22-10-5-4-6-11-22)26(31)21-29(16-9-17-33-2)27(32)23-12-7-14-25(18-23)34-3/h4-8,10-15,18H,9,16-17,19-21H2,1-3H3. The maximum absolute atomic E-state index is 13.6. The molecule has 7 heteroatoms. The first kappa shape index (κ1) is 25.1. The number of nitrogens with zero attached hydrogens (tertiary/aromatic N) is 3. The van der Waals surface area contributed by atoms with Gasteiger partial charge in [0.25, 0.3) is 5.91 Å². The van der Waals surface area contributed by atoms with Crippen LogP contribution in [-0.2, 0) is 29.7 Å². The summed E-state index contributed by atoms with van der Waals surface area (Å²) < 4.78 is 12.4. The summed E-state index contributed by atoms with van der Waals surface area (Å²) in [7, 11) is 5.15. The molecule has 0 fully saturated rings. The molecule has 7 nitrogen and oxygen atoms in total. The van der Waals surface area contributed by atoms with Crippen LogP contribution in [0.15, 0.2) is 72.9 Å². The molecular formula is C27H33N3O4.